The lowest BCUT2D eigenvalue weighted by Gasteiger charge is -2.32. The van der Waals surface area contributed by atoms with Crippen molar-refractivity contribution in [1.82, 2.24) is 4.90 Å². The second-order valence-electron chi connectivity index (χ2n) is 5.80. The molecule has 1 heterocycles. The zero-order valence-electron chi connectivity index (χ0n) is 14.7. The molecule has 6 nitrogen and oxygen atoms in total. The minimum Gasteiger partial charge on any atom is -0.497 e. The first-order valence-corrected chi connectivity index (χ1v) is 8.27. The molecule has 1 saturated heterocycles. The molecule has 1 aromatic carbocycles. The average Bonchev–Trinajstić information content (AvgIpc) is 2.62. The maximum atomic E-state index is 12.5. The van der Waals surface area contributed by atoms with Crippen LogP contribution in [0.5, 0.6) is 11.5 Å². The Morgan fingerprint density at radius 3 is 2.50 bits per heavy atom. The van der Waals surface area contributed by atoms with Gasteiger partial charge in [0.05, 0.1) is 40.0 Å². The van der Waals surface area contributed by atoms with Gasteiger partial charge in [0, 0.05) is 31.8 Å². The Labute approximate surface area is 143 Å². The molecule has 0 spiro atoms. The summed E-state index contributed by atoms with van der Waals surface area (Å²) >= 11 is 0. The normalized spacial score (nSPS) is 15.4. The van der Waals surface area contributed by atoms with Crippen molar-refractivity contribution in [2.45, 2.75) is 25.4 Å². The van der Waals surface area contributed by atoms with Crippen molar-refractivity contribution in [2.24, 2.45) is 0 Å². The van der Waals surface area contributed by atoms with E-state index in [-0.39, 0.29) is 12.0 Å². The van der Waals surface area contributed by atoms with Gasteiger partial charge in [0.1, 0.15) is 11.5 Å². The Morgan fingerprint density at radius 2 is 1.88 bits per heavy atom. The van der Waals surface area contributed by atoms with Gasteiger partial charge < -0.3 is 23.8 Å². The molecule has 1 aliphatic heterocycles. The Kier molecular flexibility index (Phi) is 7.34. The van der Waals surface area contributed by atoms with Crippen LogP contribution in [0, 0.1) is 0 Å². The third-order valence-electron chi connectivity index (χ3n) is 4.27. The number of nitrogens with zero attached hydrogens (tertiary/aromatic N) is 1. The summed E-state index contributed by atoms with van der Waals surface area (Å²) in [5.41, 5.74) is 0.877. The first-order valence-electron chi connectivity index (χ1n) is 8.27. The molecule has 0 bridgehead atoms. The number of likely N-dealkylation sites (tertiary alicyclic amines) is 1. The first-order chi connectivity index (χ1) is 11.7. The molecular formula is C18H27NO5. The van der Waals surface area contributed by atoms with Gasteiger partial charge in [-0.25, -0.2) is 0 Å². The molecule has 0 radical (unpaired) electrons. The largest absolute Gasteiger partial charge is 0.497 e. The van der Waals surface area contributed by atoms with Crippen molar-refractivity contribution in [3.05, 3.63) is 23.8 Å². The number of hydrogen-bond donors (Lipinski definition) is 0. The molecule has 0 unspecified atom stereocenters. The van der Waals surface area contributed by atoms with Gasteiger partial charge in [0.15, 0.2) is 0 Å². The van der Waals surface area contributed by atoms with E-state index in [1.54, 1.807) is 27.4 Å². The first kappa shape index (κ1) is 18.5. The third kappa shape index (κ3) is 5.11. The molecule has 6 heteroatoms. The highest BCUT2D eigenvalue weighted by Gasteiger charge is 2.24. The van der Waals surface area contributed by atoms with Gasteiger partial charge in [-0.2, -0.15) is 0 Å². The highest BCUT2D eigenvalue weighted by atomic mass is 16.5. The number of rotatable bonds is 8. The molecule has 1 fully saturated rings. The van der Waals surface area contributed by atoms with Crippen molar-refractivity contribution in [3.8, 4) is 11.5 Å². The molecule has 24 heavy (non-hydrogen) atoms. The number of methoxy groups -OCH3 is 3. The summed E-state index contributed by atoms with van der Waals surface area (Å²) in [6, 6.07) is 5.54. The van der Waals surface area contributed by atoms with Gasteiger partial charge in [-0.05, 0) is 18.9 Å². The van der Waals surface area contributed by atoms with E-state index in [1.165, 1.54) is 0 Å². The van der Waals surface area contributed by atoms with Crippen molar-refractivity contribution >= 4 is 5.91 Å². The van der Waals surface area contributed by atoms with Gasteiger partial charge in [0.2, 0.25) is 5.91 Å². The summed E-state index contributed by atoms with van der Waals surface area (Å²) in [4.78, 5) is 14.4. The summed E-state index contributed by atoms with van der Waals surface area (Å²) in [7, 11) is 4.88. The van der Waals surface area contributed by atoms with E-state index >= 15 is 0 Å². The molecule has 1 aliphatic rings. The summed E-state index contributed by atoms with van der Waals surface area (Å²) in [5, 5.41) is 0. The monoisotopic (exact) mass is 337 g/mol. The van der Waals surface area contributed by atoms with Gasteiger partial charge in [-0.15, -0.1) is 0 Å². The van der Waals surface area contributed by atoms with Crippen LogP contribution in [0.25, 0.3) is 0 Å². The molecular weight excluding hydrogens is 310 g/mol. The van der Waals surface area contributed by atoms with Gasteiger partial charge >= 0.3 is 0 Å². The fraction of sp³-hybridized carbons (Fsp3) is 0.611. The number of carbonyl (C=O) groups excluding carboxylic acids is 1. The maximum absolute atomic E-state index is 12.5. The lowest BCUT2D eigenvalue weighted by Crippen LogP contribution is -2.41. The third-order valence-corrected chi connectivity index (χ3v) is 4.27. The molecule has 0 atom stereocenters. The van der Waals surface area contributed by atoms with Crippen LogP contribution in [0.3, 0.4) is 0 Å². The van der Waals surface area contributed by atoms with Crippen LogP contribution in [0.1, 0.15) is 18.4 Å². The molecule has 0 N–H and O–H groups in total. The number of benzene rings is 1. The van der Waals surface area contributed by atoms with Crippen molar-refractivity contribution in [2.75, 3.05) is 47.6 Å². The second kappa shape index (κ2) is 9.49. The maximum Gasteiger partial charge on any atom is 0.227 e. The summed E-state index contributed by atoms with van der Waals surface area (Å²) in [6.07, 6.45) is 2.30. The number of carbonyl (C=O) groups is 1. The van der Waals surface area contributed by atoms with Gasteiger partial charge in [-0.3, -0.25) is 4.79 Å². The molecule has 2 rings (SSSR count). The summed E-state index contributed by atoms with van der Waals surface area (Å²) < 4.78 is 21.3. The van der Waals surface area contributed by atoms with E-state index in [9.17, 15) is 4.79 Å². The van der Waals surface area contributed by atoms with E-state index in [0.717, 1.165) is 37.2 Å². The van der Waals surface area contributed by atoms with Crippen LogP contribution in [0.4, 0.5) is 0 Å². The lowest BCUT2D eigenvalue weighted by atomic mass is 10.1. The molecule has 0 saturated carbocycles. The van der Waals surface area contributed by atoms with Crippen LogP contribution in [-0.4, -0.2) is 64.5 Å². The van der Waals surface area contributed by atoms with Crippen LogP contribution in [-0.2, 0) is 20.7 Å². The number of ether oxygens (including phenoxy) is 4. The van der Waals surface area contributed by atoms with E-state index in [0.29, 0.717) is 25.4 Å². The van der Waals surface area contributed by atoms with E-state index in [1.807, 2.05) is 17.0 Å². The Hall–Kier alpha value is -1.79. The van der Waals surface area contributed by atoms with Gasteiger partial charge in [-0.1, -0.05) is 6.07 Å². The predicted molar refractivity (Wildman–Crippen MR) is 90.7 cm³/mol. The van der Waals surface area contributed by atoms with Crippen molar-refractivity contribution in [3.63, 3.8) is 0 Å². The molecule has 1 aromatic rings. The van der Waals surface area contributed by atoms with E-state index < -0.39 is 0 Å². The average molecular weight is 337 g/mol. The number of amides is 1. The van der Waals surface area contributed by atoms with Crippen LogP contribution in [0.2, 0.25) is 0 Å². The van der Waals surface area contributed by atoms with E-state index in [4.69, 9.17) is 18.9 Å². The SMILES string of the molecule is COCCOC1CCN(C(=O)Cc2ccc(OC)cc2OC)CC1. The number of hydrogen-bond acceptors (Lipinski definition) is 5. The zero-order chi connectivity index (χ0) is 17.4. The minimum atomic E-state index is 0.119. The standard InChI is InChI=1S/C18H27NO5/c1-21-10-11-24-15-6-8-19(9-7-15)18(20)12-14-4-5-16(22-2)13-17(14)23-3/h4-5,13,15H,6-12H2,1-3H3. The second-order valence-corrected chi connectivity index (χ2v) is 5.80. The predicted octanol–water partition coefficient (Wildman–Crippen LogP) is 1.90. The molecule has 134 valence electrons. The highest BCUT2D eigenvalue weighted by Crippen LogP contribution is 2.26. The Morgan fingerprint density at radius 1 is 1.12 bits per heavy atom. The zero-order valence-corrected chi connectivity index (χ0v) is 14.7. The van der Waals surface area contributed by atoms with Gasteiger partial charge in [0.25, 0.3) is 0 Å². The highest BCUT2D eigenvalue weighted by molar-refractivity contribution is 5.79. The minimum absolute atomic E-state index is 0.119. The molecule has 0 aliphatic carbocycles. The Balaban J connectivity index is 1.85. The Bertz CT molecular complexity index is 526. The number of piperidine rings is 1. The van der Waals surface area contributed by atoms with Crippen LogP contribution in [0.15, 0.2) is 18.2 Å². The fourth-order valence-corrected chi connectivity index (χ4v) is 2.84. The van der Waals surface area contributed by atoms with E-state index in [2.05, 4.69) is 0 Å². The fourth-order valence-electron chi connectivity index (χ4n) is 2.84. The smallest absolute Gasteiger partial charge is 0.227 e. The van der Waals surface area contributed by atoms with Crippen LogP contribution >= 0.6 is 0 Å². The van der Waals surface area contributed by atoms with Crippen molar-refractivity contribution < 1.29 is 23.7 Å². The van der Waals surface area contributed by atoms with Crippen molar-refractivity contribution in [1.29, 1.82) is 0 Å². The molecule has 0 aromatic heterocycles. The quantitative estimate of drug-likeness (QED) is 0.678. The summed E-state index contributed by atoms with van der Waals surface area (Å²) in [5.74, 6) is 1.52. The van der Waals surface area contributed by atoms with Crippen LogP contribution < -0.4 is 9.47 Å². The lowest BCUT2D eigenvalue weighted by molar-refractivity contribution is -0.133. The topological polar surface area (TPSA) is 57.2 Å². The summed E-state index contributed by atoms with van der Waals surface area (Å²) in [6.45, 7) is 2.68. The molecule has 1 amide bonds.